The van der Waals surface area contributed by atoms with Gasteiger partial charge in [-0.1, -0.05) is 61.5 Å². The molecule has 4 nitrogen and oxygen atoms in total. The van der Waals surface area contributed by atoms with Gasteiger partial charge in [-0.15, -0.1) is 0 Å². The van der Waals surface area contributed by atoms with Crippen LogP contribution in [0.1, 0.15) is 25.8 Å². The fourth-order valence-corrected chi connectivity index (χ4v) is 3.08. The minimum absolute atomic E-state index is 0.128. The van der Waals surface area contributed by atoms with Crippen molar-refractivity contribution in [2.45, 2.75) is 39.3 Å². The van der Waals surface area contributed by atoms with Crippen LogP contribution in [0.5, 0.6) is 11.5 Å². The fourth-order valence-electron chi connectivity index (χ4n) is 3.08. The Balaban J connectivity index is 1.60. The van der Waals surface area contributed by atoms with Crippen LogP contribution in [0.3, 0.4) is 0 Å². The van der Waals surface area contributed by atoms with Gasteiger partial charge in [-0.3, -0.25) is 4.79 Å². The van der Waals surface area contributed by atoms with Crippen LogP contribution in [0.15, 0.2) is 66.7 Å². The summed E-state index contributed by atoms with van der Waals surface area (Å²) in [5, 5.41) is 5.10. The zero-order valence-electron chi connectivity index (χ0n) is 16.6. The molecule has 2 atom stereocenters. The summed E-state index contributed by atoms with van der Waals surface area (Å²) in [5.41, 5.74) is 1.08. The Morgan fingerprint density at radius 3 is 2.43 bits per heavy atom. The molecule has 0 fully saturated rings. The third kappa shape index (κ3) is 4.83. The summed E-state index contributed by atoms with van der Waals surface area (Å²) in [4.78, 5) is 12.7. The highest BCUT2D eigenvalue weighted by molar-refractivity contribution is 5.89. The van der Waals surface area contributed by atoms with Crippen molar-refractivity contribution in [1.82, 2.24) is 5.32 Å². The minimum atomic E-state index is -0.549. The highest BCUT2D eigenvalue weighted by atomic mass is 16.5. The summed E-state index contributed by atoms with van der Waals surface area (Å²) in [6.45, 7) is 6.29. The van der Waals surface area contributed by atoms with E-state index in [1.54, 1.807) is 0 Å². The van der Waals surface area contributed by atoms with E-state index >= 15 is 0 Å². The van der Waals surface area contributed by atoms with Crippen LogP contribution in [0.4, 0.5) is 0 Å². The first kappa shape index (κ1) is 19.7. The summed E-state index contributed by atoms with van der Waals surface area (Å²) in [6, 6.07) is 21.6. The average Bonchev–Trinajstić information content (AvgIpc) is 2.71. The summed E-state index contributed by atoms with van der Waals surface area (Å²) in [7, 11) is 0. The molecule has 0 aromatic heterocycles. The minimum Gasteiger partial charge on any atom is -0.491 e. The van der Waals surface area contributed by atoms with E-state index in [-0.39, 0.29) is 11.9 Å². The van der Waals surface area contributed by atoms with Crippen molar-refractivity contribution in [2.75, 3.05) is 6.61 Å². The van der Waals surface area contributed by atoms with E-state index < -0.39 is 6.10 Å². The second-order valence-electron chi connectivity index (χ2n) is 6.98. The van der Waals surface area contributed by atoms with E-state index in [1.165, 1.54) is 0 Å². The number of para-hydroxylation sites is 1. The van der Waals surface area contributed by atoms with Crippen molar-refractivity contribution in [3.05, 3.63) is 72.3 Å². The van der Waals surface area contributed by atoms with Crippen LogP contribution in [0.2, 0.25) is 0 Å². The third-order valence-electron chi connectivity index (χ3n) is 4.65. The van der Waals surface area contributed by atoms with Gasteiger partial charge < -0.3 is 14.8 Å². The molecule has 0 aliphatic rings. The van der Waals surface area contributed by atoms with Gasteiger partial charge in [0.25, 0.3) is 5.91 Å². The molecule has 0 unspecified atom stereocenters. The van der Waals surface area contributed by atoms with Gasteiger partial charge in [-0.25, -0.2) is 0 Å². The molecule has 0 saturated carbocycles. The Hall–Kier alpha value is -3.01. The average molecular weight is 377 g/mol. The molecule has 3 aromatic rings. The van der Waals surface area contributed by atoms with Crippen LogP contribution in [0, 0.1) is 6.92 Å². The SMILES string of the molecule is CC[C@H](Oc1cccc2ccccc12)C(=O)N[C@@H](C)COc1ccccc1C. The van der Waals surface area contributed by atoms with E-state index in [0.29, 0.717) is 13.0 Å². The van der Waals surface area contributed by atoms with Crippen LogP contribution in [0.25, 0.3) is 10.8 Å². The van der Waals surface area contributed by atoms with E-state index in [9.17, 15) is 4.79 Å². The van der Waals surface area contributed by atoms with Crippen molar-refractivity contribution in [3.63, 3.8) is 0 Å². The molecule has 0 aliphatic heterocycles. The molecular weight excluding hydrogens is 350 g/mol. The highest BCUT2D eigenvalue weighted by Gasteiger charge is 2.21. The molecule has 1 amide bonds. The molecule has 0 heterocycles. The lowest BCUT2D eigenvalue weighted by Crippen LogP contribution is -2.44. The smallest absolute Gasteiger partial charge is 0.261 e. The van der Waals surface area contributed by atoms with Gasteiger partial charge in [0, 0.05) is 5.39 Å². The molecule has 4 heteroatoms. The summed E-state index contributed by atoms with van der Waals surface area (Å²) >= 11 is 0. The number of nitrogens with one attached hydrogen (secondary N) is 1. The number of benzene rings is 3. The van der Waals surface area contributed by atoms with Crippen LogP contribution < -0.4 is 14.8 Å². The normalized spacial score (nSPS) is 13.0. The Morgan fingerprint density at radius 2 is 1.64 bits per heavy atom. The Labute approximate surface area is 166 Å². The molecule has 28 heavy (non-hydrogen) atoms. The van der Waals surface area contributed by atoms with Crippen molar-refractivity contribution < 1.29 is 14.3 Å². The van der Waals surface area contributed by atoms with Crippen molar-refractivity contribution in [2.24, 2.45) is 0 Å². The number of amides is 1. The maximum absolute atomic E-state index is 12.7. The highest BCUT2D eigenvalue weighted by Crippen LogP contribution is 2.26. The largest absolute Gasteiger partial charge is 0.491 e. The fraction of sp³-hybridized carbons (Fsp3) is 0.292. The molecule has 0 bridgehead atoms. The standard InChI is InChI=1S/C24H27NO3/c1-4-21(28-23-15-9-12-19-11-6-7-13-20(19)23)24(26)25-18(3)16-27-22-14-8-5-10-17(22)2/h5-15,18,21H,4,16H2,1-3H3,(H,25,26)/t18-,21-/m0/s1. The molecule has 3 rings (SSSR count). The van der Waals surface area contributed by atoms with E-state index in [4.69, 9.17) is 9.47 Å². The van der Waals surface area contributed by atoms with Crippen molar-refractivity contribution >= 4 is 16.7 Å². The topological polar surface area (TPSA) is 47.6 Å². The molecule has 0 aliphatic carbocycles. The first-order valence-corrected chi connectivity index (χ1v) is 9.71. The molecule has 3 aromatic carbocycles. The lowest BCUT2D eigenvalue weighted by molar-refractivity contribution is -0.128. The number of rotatable bonds is 8. The maximum atomic E-state index is 12.7. The number of aryl methyl sites for hydroxylation is 1. The number of hydrogen-bond acceptors (Lipinski definition) is 3. The van der Waals surface area contributed by atoms with Gasteiger partial charge in [0.05, 0.1) is 6.04 Å². The number of carbonyl (C=O) groups is 1. The van der Waals surface area contributed by atoms with E-state index in [0.717, 1.165) is 27.8 Å². The second-order valence-corrected chi connectivity index (χ2v) is 6.98. The number of carbonyl (C=O) groups excluding carboxylic acids is 1. The van der Waals surface area contributed by atoms with Gasteiger partial charge >= 0.3 is 0 Å². The second kappa shape index (κ2) is 9.27. The first-order valence-electron chi connectivity index (χ1n) is 9.71. The summed E-state index contributed by atoms with van der Waals surface area (Å²) < 4.78 is 11.9. The van der Waals surface area contributed by atoms with Crippen molar-refractivity contribution in [1.29, 1.82) is 0 Å². The molecule has 0 saturated heterocycles. The van der Waals surface area contributed by atoms with Gasteiger partial charge in [-0.05, 0) is 43.4 Å². The van der Waals surface area contributed by atoms with Gasteiger partial charge in [0.1, 0.15) is 18.1 Å². The van der Waals surface area contributed by atoms with Crippen LogP contribution in [-0.4, -0.2) is 24.7 Å². The lowest BCUT2D eigenvalue weighted by atomic mass is 10.1. The van der Waals surface area contributed by atoms with Crippen LogP contribution in [-0.2, 0) is 4.79 Å². The molecule has 146 valence electrons. The van der Waals surface area contributed by atoms with E-state index in [1.807, 2.05) is 87.5 Å². The third-order valence-corrected chi connectivity index (χ3v) is 4.65. The van der Waals surface area contributed by atoms with Gasteiger partial charge in [0.15, 0.2) is 6.10 Å². The Morgan fingerprint density at radius 1 is 0.964 bits per heavy atom. The lowest BCUT2D eigenvalue weighted by Gasteiger charge is -2.21. The summed E-state index contributed by atoms with van der Waals surface area (Å²) in [6.07, 6.45) is 0.0344. The zero-order chi connectivity index (χ0) is 19.9. The predicted molar refractivity (Wildman–Crippen MR) is 113 cm³/mol. The quantitative estimate of drug-likeness (QED) is 0.608. The zero-order valence-corrected chi connectivity index (χ0v) is 16.6. The molecule has 1 N–H and O–H groups in total. The Kier molecular flexibility index (Phi) is 6.53. The predicted octanol–water partition coefficient (Wildman–Crippen LogP) is 4.89. The van der Waals surface area contributed by atoms with Gasteiger partial charge in [0.2, 0.25) is 0 Å². The Bertz CT molecular complexity index is 933. The van der Waals surface area contributed by atoms with Crippen LogP contribution >= 0.6 is 0 Å². The van der Waals surface area contributed by atoms with Gasteiger partial charge in [-0.2, -0.15) is 0 Å². The molecular formula is C24H27NO3. The molecule has 0 spiro atoms. The van der Waals surface area contributed by atoms with E-state index in [2.05, 4.69) is 5.32 Å². The number of hydrogen-bond donors (Lipinski definition) is 1. The maximum Gasteiger partial charge on any atom is 0.261 e. The number of fused-ring (bicyclic) bond motifs is 1. The number of ether oxygens (including phenoxy) is 2. The summed E-state index contributed by atoms with van der Waals surface area (Å²) in [5.74, 6) is 1.43. The van der Waals surface area contributed by atoms with Crippen molar-refractivity contribution in [3.8, 4) is 11.5 Å². The monoisotopic (exact) mass is 377 g/mol. The molecule has 0 radical (unpaired) electrons. The first-order chi connectivity index (χ1) is 13.6.